The number of aromatic nitrogens is 3. The maximum Gasteiger partial charge on any atom is 0.312 e. The summed E-state index contributed by atoms with van der Waals surface area (Å²) in [6.07, 6.45) is 5.06. The first-order chi connectivity index (χ1) is 13.8. The predicted octanol–water partition coefficient (Wildman–Crippen LogP) is 3.31. The van der Waals surface area contributed by atoms with Gasteiger partial charge in [-0.3, -0.25) is 19.6 Å². The van der Waals surface area contributed by atoms with Crippen molar-refractivity contribution < 1.29 is 14.2 Å². The van der Waals surface area contributed by atoms with Crippen molar-refractivity contribution in [2.75, 3.05) is 0 Å². The third-order valence-corrected chi connectivity index (χ3v) is 6.83. The molecule has 2 aromatic rings. The standard InChI is InChI=1S/C20H27N5O4/c1-10(16-8-14-5-6-15(16)7-14)21-20(26)18-17(13(4)29-23-18)9-24-12(3)19(25(27)28)11(2)22-24/h10,14-16H,5-9H2,1-4H3,(H,21,26)/t10-,14-,15-,16-/m1/s1. The van der Waals surface area contributed by atoms with Gasteiger partial charge in [0.2, 0.25) is 0 Å². The Morgan fingerprint density at radius 2 is 2.10 bits per heavy atom. The Bertz CT molecular complexity index is 962. The molecule has 0 unspecified atom stereocenters. The van der Waals surface area contributed by atoms with E-state index in [1.807, 2.05) is 0 Å². The number of aryl methyl sites for hydroxylation is 2. The monoisotopic (exact) mass is 401 g/mol. The highest BCUT2D eigenvalue weighted by Gasteiger charge is 2.42. The Labute approximate surface area is 169 Å². The summed E-state index contributed by atoms with van der Waals surface area (Å²) in [6.45, 7) is 7.25. The van der Waals surface area contributed by atoms with Crippen LogP contribution < -0.4 is 5.32 Å². The van der Waals surface area contributed by atoms with Gasteiger partial charge in [-0.1, -0.05) is 11.6 Å². The van der Waals surface area contributed by atoms with E-state index in [2.05, 4.69) is 22.5 Å². The summed E-state index contributed by atoms with van der Waals surface area (Å²) in [5, 5.41) is 22.6. The van der Waals surface area contributed by atoms with E-state index in [-0.39, 0.29) is 29.9 Å². The highest BCUT2D eigenvalue weighted by molar-refractivity contribution is 5.94. The van der Waals surface area contributed by atoms with Crippen LogP contribution in [-0.2, 0) is 6.54 Å². The minimum Gasteiger partial charge on any atom is -0.361 e. The Kier molecular flexibility index (Phi) is 4.92. The van der Waals surface area contributed by atoms with E-state index in [0.717, 1.165) is 5.92 Å². The van der Waals surface area contributed by atoms with Crippen LogP contribution in [0.4, 0.5) is 5.69 Å². The van der Waals surface area contributed by atoms with Crippen LogP contribution in [0.2, 0.25) is 0 Å². The fraction of sp³-hybridized carbons (Fsp3) is 0.650. The summed E-state index contributed by atoms with van der Waals surface area (Å²) >= 11 is 0. The summed E-state index contributed by atoms with van der Waals surface area (Å²) in [7, 11) is 0. The number of fused-ring (bicyclic) bond motifs is 2. The Morgan fingerprint density at radius 1 is 1.34 bits per heavy atom. The third-order valence-electron chi connectivity index (χ3n) is 6.83. The van der Waals surface area contributed by atoms with Crippen LogP contribution in [0.3, 0.4) is 0 Å². The predicted molar refractivity (Wildman–Crippen MR) is 105 cm³/mol. The Hall–Kier alpha value is -2.71. The van der Waals surface area contributed by atoms with Gasteiger partial charge < -0.3 is 9.84 Å². The molecule has 2 aliphatic rings. The average molecular weight is 401 g/mol. The molecule has 4 rings (SSSR count). The van der Waals surface area contributed by atoms with Crippen LogP contribution in [0.25, 0.3) is 0 Å². The molecule has 0 saturated heterocycles. The van der Waals surface area contributed by atoms with E-state index >= 15 is 0 Å². The van der Waals surface area contributed by atoms with Gasteiger partial charge in [-0.15, -0.1) is 0 Å². The fourth-order valence-corrected chi connectivity index (χ4v) is 5.30. The lowest BCUT2D eigenvalue weighted by atomic mass is 9.84. The molecular formula is C20H27N5O4. The molecule has 29 heavy (non-hydrogen) atoms. The highest BCUT2D eigenvalue weighted by atomic mass is 16.6. The minimum atomic E-state index is -0.431. The number of hydrogen-bond donors (Lipinski definition) is 1. The smallest absolute Gasteiger partial charge is 0.312 e. The van der Waals surface area contributed by atoms with Crippen molar-refractivity contribution in [1.82, 2.24) is 20.3 Å². The average Bonchev–Trinajstić information content (AvgIpc) is 3.41. The van der Waals surface area contributed by atoms with Crippen LogP contribution in [0.5, 0.6) is 0 Å². The second kappa shape index (κ2) is 7.27. The van der Waals surface area contributed by atoms with Crippen LogP contribution >= 0.6 is 0 Å². The van der Waals surface area contributed by atoms with Crippen molar-refractivity contribution in [3.8, 4) is 0 Å². The lowest BCUT2D eigenvalue weighted by molar-refractivity contribution is -0.386. The Morgan fingerprint density at radius 3 is 2.69 bits per heavy atom. The molecule has 2 aromatic heterocycles. The fourth-order valence-electron chi connectivity index (χ4n) is 5.30. The molecule has 156 valence electrons. The summed E-state index contributed by atoms with van der Waals surface area (Å²) in [6, 6.07) is 0.0810. The molecular weight excluding hydrogens is 374 g/mol. The van der Waals surface area contributed by atoms with Crippen LogP contribution in [0.15, 0.2) is 4.52 Å². The van der Waals surface area contributed by atoms with Crippen molar-refractivity contribution >= 4 is 11.6 Å². The van der Waals surface area contributed by atoms with Gasteiger partial charge in [0.05, 0.1) is 11.5 Å². The molecule has 2 fully saturated rings. The van der Waals surface area contributed by atoms with Crippen molar-refractivity contribution in [3.05, 3.63) is 38.5 Å². The van der Waals surface area contributed by atoms with Crippen molar-refractivity contribution in [2.24, 2.45) is 17.8 Å². The van der Waals surface area contributed by atoms with Gasteiger partial charge in [0.1, 0.15) is 17.1 Å². The molecule has 0 aromatic carbocycles. The number of amides is 1. The zero-order valence-electron chi connectivity index (χ0n) is 17.3. The number of nitro groups is 1. The van der Waals surface area contributed by atoms with Crippen molar-refractivity contribution in [3.63, 3.8) is 0 Å². The van der Waals surface area contributed by atoms with Gasteiger partial charge in [0.25, 0.3) is 5.91 Å². The number of hydrogen-bond acceptors (Lipinski definition) is 6. The van der Waals surface area contributed by atoms with E-state index in [9.17, 15) is 14.9 Å². The molecule has 2 aliphatic carbocycles. The Balaban J connectivity index is 1.52. The number of nitrogens with zero attached hydrogens (tertiary/aromatic N) is 4. The molecule has 1 amide bonds. The van der Waals surface area contributed by atoms with Crippen LogP contribution in [0, 0.1) is 48.6 Å². The molecule has 0 spiro atoms. The maximum atomic E-state index is 12.9. The quantitative estimate of drug-likeness (QED) is 0.586. The molecule has 1 N–H and O–H groups in total. The van der Waals surface area contributed by atoms with Gasteiger partial charge in [0, 0.05) is 11.6 Å². The van der Waals surface area contributed by atoms with Crippen molar-refractivity contribution in [2.45, 2.75) is 66.0 Å². The largest absolute Gasteiger partial charge is 0.361 e. The SMILES string of the molecule is Cc1nn(Cc2c(C(=O)N[C@H](C)[C@H]3C[C@@H]4CC[C@@H]3C4)noc2C)c(C)c1[N+](=O)[O-]. The molecule has 9 heteroatoms. The van der Waals surface area contributed by atoms with Crippen LogP contribution in [0.1, 0.15) is 65.8 Å². The number of carbonyl (C=O) groups excluding carboxylic acids is 1. The van der Waals surface area contributed by atoms with Gasteiger partial charge in [0.15, 0.2) is 5.69 Å². The molecule has 9 nitrogen and oxygen atoms in total. The van der Waals surface area contributed by atoms with Gasteiger partial charge in [-0.05, 0) is 64.7 Å². The molecule has 0 radical (unpaired) electrons. The summed E-state index contributed by atoms with van der Waals surface area (Å²) in [5.74, 6) is 2.30. The molecule has 4 atom stereocenters. The second-order valence-corrected chi connectivity index (χ2v) is 8.60. The molecule has 0 aliphatic heterocycles. The number of rotatable bonds is 6. The highest BCUT2D eigenvalue weighted by Crippen LogP contribution is 2.49. The minimum absolute atomic E-state index is 0.00461. The van der Waals surface area contributed by atoms with E-state index < -0.39 is 4.92 Å². The molecule has 2 heterocycles. The zero-order chi connectivity index (χ0) is 20.9. The van der Waals surface area contributed by atoms with E-state index in [1.165, 1.54) is 30.4 Å². The zero-order valence-corrected chi connectivity index (χ0v) is 17.3. The van der Waals surface area contributed by atoms with E-state index in [0.29, 0.717) is 34.5 Å². The maximum absolute atomic E-state index is 12.9. The molecule has 2 saturated carbocycles. The van der Waals surface area contributed by atoms with Gasteiger partial charge in [-0.25, -0.2) is 0 Å². The lowest BCUT2D eigenvalue weighted by Crippen LogP contribution is -2.40. The second-order valence-electron chi connectivity index (χ2n) is 8.60. The summed E-state index contributed by atoms with van der Waals surface area (Å²) < 4.78 is 6.81. The molecule has 2 bridgehead atoms. The normalized spacial score (nSPS) is 24.1. The first-order valence-electron chi connectivity index (χ1n) is 10.2. The van der Waals surface area contributed by atoms with Crippen molar-refractivity contribution in [1.29, 1.82) is 0 Å². The number of nitrogens with one attached hydrogen (secondary N) is 1. The topological polar surface area (TPSA) is 116 Å². The van der Waals surface area contributed by atoms with E-state index in [1.54, 1.807) is 20.8 Å². The lowest BCUT2D eigenvalue weighted by Gasteiger charge is -2.28. The van der Waals surface area contributed by atoms with Gasteiger partial charge >= 0.3 is 5.69 Å². The first kappa shape index (κ1) is 19.6. The number of carbonyl (C=O) groups is 1. The van der Waals surface area contributed by atoms with Gasteiger partial charge in [-0.2, -0.15) is 5.10 Å². The van der Waals surface area contributed by atoms with Crippen LogP contribution in [-0.4, -0.2) is 31.8 Å². The third kappa shape index (κ3) is 3.42. The van der Waals surface area contributed by atoms with E-state index in [4.69, 9.17) is 4.52 Å². The summed E-state index contributed by atoms with van der Waals surface area (Å²) in [5.41, 5.74) is 1.61. The first-order valence-corrected chi connectivity index (χ1v) is 10.2. The summed E-state index contributed by atoms with van der Waals surface area (Å²) in [4.78, 5) is 23.8.